The number of hydrogen-bond acceptors (Lipinski definition) is 5. The molecule has 126 valence electrons. The average molecular weight is 351 g/mol. The summed E-state index contributed by atoms with van der Waals surface area (Å²) in [6, 6.07) is 11.0. The molecule has 1 saturated carbocycles. The summed E-state index contributed by atoms with van der Waals surface area (Å²) in [6.07, 6.45) is 5.89. The number of nitrogens with zero attached hydrogens (tertiary/aromatic N) is 2. The number of pyridine rings is 1. The molecule has 1 aliphatic rings. The Morgan fingerprint density at radius 2 is 2.20 bits per heavy atom. The molecule has 0 spiro atoms. The molecule has 0 atom stereocenters. The second-order valence-corrected chi connectivity index (χ2v) is 6.84. The van der Waals surface area contributed by atoms with Gasteiger partial charge in [0.25, 0.3) is 5.91 Å². The third-order valence-electron chi connectivity index (χ3n) is 3.96. The Bertz CT molecular complexity index is 875. The number of hydrogen-bond donors (Lipinski definition) is 1. The van der Waals surface area contributed by atoms with Gasteiger partial charge in [-0.1, -0.05) is 12.1 Å². The van der Waals surface area contributed by atoms with E-state index in [1.165, 1.54) is 24.2 Å². The van der Waals surface area contributed by atoms with Crippen molar-refractivity contribution in [2.24, 2.45) is 0 Å². The Morgan fingerprint density at radius 1 is 1.28 bits per heavy atom. The standard InChI is InChI=1S/C19H17N3O2S/c23-18(22-19-21-17(12-25-19)14-6-7-14)15-4-1-5-16(9-15)24-11-13-3-2-8-20-10-13/h1-5,8-10,12,14H,6-7,11H2,(H,21,22,23). The van der Waals surface area contributed by atoms with Gasteiger partial charge in [-0.3, -0.25) is 15.1 Å². The van der Waals surface area contributed by atoms with Crippen LogP contribution in [0.25, 0.3) is 0 Å². The minimum absolute atomic E-state index is 0.177. The SMILES string of the molecule is O=C(Nc1nc(C2CC2)cs1)c1cccc(OCc2cccnc2)c1. The van der Waals surface area contributed by atoms with Gasteiger partial charge in [0.15, 0.2) is 5.13 Å². The van der Waals surface area contributed by atoms with Gasteiger partial charge in [-0.05, 0) is 37.1 Å². The van der Waals surface area contributed by atoms with Gasteiger partial charge in [0.2, 0.25) is 0 Å². The maximum atomic E-state index is 12.4. The smallest absolute Gasteiger partial charge is 0.257 e. The Kier molecular flexibility index (Phi) is 4.43. The molecule has 6 heteroatoms. The number of benzene rings is 1. The van der Waals surface area contributed by atoms with Crippen molar-refractivity contribution in [2.75, 3.05) is 5.32 Å². The van der Waals surface area contributed by atoms with E-state index in [0.29, 0.717) is 29.0 Å². The molecule has 1 N–H and O–H groups in total. The molecule has 25 heavy (non-hydrogen) atoms. The fraction of sp³-hybridized carbons (Fsp3) is 0.211. The lowest BCUT2D eigenvalue weighted by Crippen LogP contribution is -2.11. The number of carbonyl (C=O) groups excluding carboxylic acids is 1. The number of anilines is 1. The molecule has 1 aromatic carbocycles. The fourth-order valence-corrected chi connectivity index (χ4v) is 3.24. The molecule has 1 amide bonds. The summed E-state index contributed by atoms with van der Waals surface area (Å²) >= 11 is 1.47. The quantitative estimate of drug-likeness (QED) is 0.721. The molecule has 5 nitrogen and oxygen atoms in total. The normalized spacial score (nSPS) is 13.4. The van der Waals surface area contributed by atoms with Gasteiger partial charge >= 0.3 is 0 Å². The number of thiazole rings is 1. The summed E-state index contributed by atoms with van der Waals surface area (Å²) in [5.74, 6) is 1.06. The molecule has 0 aliphatic heterocycles. The largest absolute Gasteiger partial charge is 0.489 e. The highest BCUT2D eigenvalue weighted by Crippen LogP contribution is 2.40. The van der Waals surface area contributed by atoms with Crippen molar-refractivity contribution in [1.82, 2.24) is 9.97 Å². The number of carbonyl (C=O) groups is 1. The van der Waals surface area contributed by atoms with Crippen molar-refractivity contribution in [3.8, 4) is 5.75 Å². The average Bonchev–Trinajstić information content (AvgIpc) is 3.41. The van der Waals surface area contributed by atoms with E-state index in [-0.39, 0.29) is 5.91 Å². The van der Waals surface area contributed by atoms with Gasteiger partial charge in [-0.25, -0.2) is 4.98 Å². The fourth-order valence-electron chi connectivity index (χ4n) is 2.46. The highest BCUT2D eigenvalue weighted by atomic mass is 32.1. The number of ether oxygens (including phenoxy) is 1. The highest BCUT2D eigenvalue weighted by Gasteiger charge is 2.26. The van der Waals surface area contributed by atoms with Gasteiger partial charge in [0.1, 0.15) is 12.4 Å². The summed E-state index contributed by atoms with van der Waals surface area (Å²) in [4.78, 5) is 21.0. The topological polar surface area (TPSA) is 64.1 Å². The van der Waals surface area contributed by atoms with Crippen LogP contribution in [0.1, 0.15) is 40.4 Å². The molecule has 0 radical (unpaired) electrons. The lowest BCUT2D eigenvalue weighted by Gasteiger charge is -2.08. The molecule has 1 aliphatic carbocycles. The van der Waals surface area contributed by atoms with Crippen molar-refractivity contribution in [3.63, 3.8) is 0 Å². The highest BCUT2D eigenvalue weighted by molar-refractivity contribution is 7.14. The van der Waals surface area contributed by atoms with E-state index < -0.39 is 0 Å². The summed E-state index contributed by atoms with van der Waals surface area (Å²) < 4.78 is 5.74. The number of rotatable bonds is 6. The molecule has 4 rings (SSSR count). The lowest BCUT2D eigenvalue weighted by molar-refractivity contribution is 0.102. The van der Waals surface area contributed by atoms with Crippen molar-refractivity contribution >= 4 is 22.4 Å². The van der Waals surface area contributed by atoms with Gasteiger partial charge in [-0.15, -0.1) is 11.3 Å². The van der Waals surface area contributed by atoms with E-state index in [9.17, 15) is 4.79 Å². The predicted molar refractivity (Wildman–Crippen MR) is 97.1 cm³/mol. The first-order chi connectivity index (χ1) is 12.3. The molecule has 2 heterocycles. The van der Waals surface area contributed by atoms with Crippen LogP contribution in [-0.2, 0) is 6.61 Å². The van der Waals surface area contributed by atoms with Crippen LogP contribution in [0, 0.1) is 0 Å². The van der Waals surface area contributed by atoms with E-state index >= 15 is 0 Å². The number of nitrogens with one attached hydrogen (secondary N) is 1. The van der Waals surface area contributed by atoms with Crippen LogP contribution in [0.3, 0.4) is 0 Å². The molecule has 3 aromatic rings. The maximum Gasteiger partial charge on any atom is 0.257 e. The summed E-state index contributed by atoms with van der Waals surface area (Å²) in [7, 11) is 0. The molecule has 0 unspecified atom stereocenters. The second kappa shape index (κ2) is 7.03. The minimum Gasteiger partial charge on any atom is -0.489 e. The zero-order valence-corrected chi connectivity index (χ0v) is 14.3. The zero-order chi connectivity index (χ0) is 17.1. The van der Waals surface area contributed by atoms with E-state index in [1.807, 2.05) is 29.6 Å². The molecular weight excluding hydrogens is 334 g/mol. The third kappa shape index (κ3) is 4.03. The van der Waals surface area contributed by atoms with Gasteiger partial charge in [0, 0.05) is 34.8 Å². The van der Waals surface area contributed by atoms with Crippen LogP contribution < -0.4 is 10.1 Å². The molecular formula is C19H17N3O2S. The Balaban J connectivity index is 1.40. The minimum atomic E-state index is -0.177. The van der Waals surface area contributed by atoms with Crippen LogP contribution in [0.15, 0.2) is 54.2 Å². The van der Waals surface area contributed by atoms with Crippen molar-refractivity contribution in [2.45, 2.75) is 25.4 Å². The van der Waals surface area contributed by atoms with Crippen LogP contribution in [0.2, 0.25) is 0 Å². The van der Waals surface area contributed by atoms with E-state index in [2.05, 4.69) is 15.3 Å². The molecule has 1 fully saturated rings. The summed E-state index contributed by atoms with van der Waals surface area (Å²) in [5.41, 5.74) is 2.62. The number of amides is 1. The first kappa shape index (κ1) is 15.8. The Hall–Kier alpha value is -2.73. The molecule has 0 bridgehead atoms. The lowest BCUT2D eigenvalue weighted by atomic mass is 10.2. The van der Waals surface area contributed by atoms with Crippen molar-refractivity contribution in [3.05, 3.63) is 71.0 Å². The van der Waals surface area contributed by atoms with E-state index in [4.69, 9.17) is 4.74 Å². The van der Waals surface area contributed by atoms with Crippen LogP contribution >= 0.6 is 11.3 Å². The number of aromatic nitrogens is 2. The van der Waals surface area contributed by atoms with Crippen LogP contribution in [0.5, 0.6) is 5.75 Å². The summed E-state index contributed by atoms with van der Waals surface area (Å²) in [5, 5.41) is 5.54. The second-order valence-electron chi connectivity index (χ2n) is 5.98. The Morgan fingerprint density at radius 3 is 3.00 bits per heavy atom. The predicted octanol–water partition coefficient (Wildman–Crippen LogP) is 4.25. The summed E-state index contributed by atoms with van der Waals surface area (Å²) in [6.45, 7) is 0.413. The van der Waals surface area contributed by atoms with Crippen LogP contribution in [-0.4, -0.2) is 15.9 Å². The van der Waals surface area contributed by atoms with Crippen molar-refractivity contribution < 1.29 is 9.53 Å². The first-order valence-corrected chi connectivity index (χ1v) is 9.04. The van der Waals surface area contributed by atoms with Crippen LogP contribution in [0.4, 0.5) is 5.13 Å². The Labute approximate surface area is 149 Å². The van der Waals surface area contributed by atoms with E-state index in [1.54, 1.807) is 24.5 Å². The van der Waals surface area contributed by atoms with Crippen molar-refractivity contribution in [1.29, 1.82) is 0 Å². The molecule has 0 saturated heterocycles. The van der Waals surface area contributed by atoms with Gasteiger partial charge < -0.3 is 4.74 Å². The zero-order valence-electron chi connectivity index (χ0n) is 13.5. The van der Waals surface area contributed by atoms with E-state index in [0.717, 1.165) is 11.3 Å². The van der Waals surface area contributed by atoms with Gasteiger partial charge in [0.05, 0.1) is 5.69 Å². The first-order valence-electron chi connectivity index (χ1n) is 8.16. The molecule has 2 aromatic heterocycles. The van der Waals surface area contributed by atoms with Gasteiger partial charge in [-0.2, -0.15) is 0 Å². The maximum absolute atomic E-state index is 12.4. The third-order valence-corrected chi connectivity index (χ3v) is 4.74. The monoisotopic (exact) mass is 351 g/mol.